The third-order valence-electron chi connectivity index (χ3n) is 3.15. The Kier molecular flexibility index (Phi) is 5.99. The number of nitrogens with one attached hydrogen (secondary N) is 1. The maximum Gasteiger partial charge on any atom is 0.246 e. The normalized spacial score (nSPS) is 11.6. The Labute approximate surface area is 153 Å². The standard InChI is InChI=1S/C15H12Cl2F2N2O3S/c1-21(25(23,24)14-6-9(18)2-5-13(14)19)8-15(22)20-10-3-4-11(16)12(17)7-10/h2-7H,8H2,1H3,(H,20,22). The fourth-order valence-electron chi connectivity index (χ4n) is 1.90. The minimum absolute atomic E-state index is 0.210. The lowest BCUT2D eigenvalue weighted by Crippen LogP contribution is -2.35. The molecule has 0 saturated heterocycles. The van der Waals surface area contributed by atoms with E-state index in [1.807, 2.05) is 0 Å². The van der Waals surface area contributed by atoms with Gasteiger partial charge < -0.3 is 5.32 Å². The number of hydrogen-bond donors (Lipinski definition) is 1. The number of halogens is 4. The van der Waals surface area contributed by atoms with Crippen molar-refractivity contribution in [2.75, 3.05) is 18.9 Å². The Morgan fingerprint density at radius 1 is 1.12 bits per heavy atom. The molecule has 0 aliphatic heterocycles. The number of rotatable bonds is 5. The number of carbonyl (C=O) groups is 1. The Hall–Kier alpha value is -1.74. The maximum atomic E-state index is 13.7. The molecule has 2 aromatic rings. The van der Waals surface area contributed by atoms with Gasteiger partial charge in [-0.1, -0.05) is 23.2 Å². The van der Waals surface area contributed by atoms with Crippen molar-refractivity contribution in [2.24, 2.45) is 0 Å². The molecule has 0 aliphatic carbocycles. The molecule has 0 fully saturated rings. The molecule has 2 aromatic carbocycles. The van der Waals surface area contributed by atoms with Crippen LogP contribution in [0.5, 0.6) is 0 Å². The number of amides is 1. The highest BCUT2D eigenvalue weighted by atomic mass is 35.5. The summed E-state index contributed by atoms with van der Waals surface area (Å²) in [6.07, 6.45) is 0. The van der Waals surface area contributed by atoms with E-state index in [1.54, 1.807) is 0 Å². The van der Waals surface area contributed by atoms with Crippen molar-refractivity contribution in [3.63, 3.8) is 0 Å². The van der Waals surface area contributed by atoms with Crippen molar-refractivity contribution < 1.29 is 22.0 Å². The van der Waals surface area contributed by atoms with E-state index in [2.05, 4.69) is 5.32 Å². The molecule has 1 amide bonds. The Bertz CT molecular complexity index is 923. The fraction of sp³-hybridized carbons (Fsp3) is 0.133. The number of nitrogens with zero attached hydrogens (tertiary/aromatic N) is 1. The van der Waals surface area contributed by atoms with Gasteiger partial charge in [0.2, 0.25) is 15.9 Å². The molecule has 10 heteroatoms. The van der Waals surface area contributed by atoms with Crippen molar-refractivity contribution in [1.82, 2.24) is 4.31 Å². The van der Waals surface area contributed by atoms with E-state index in [0.717, 1.165) is 13.1 Å². The molecule has 0 radical (unpaired) electrons. The molecule has 0 atom stereocenters. The van der Waals surface area contributed by atoms with E-state index in [1.165, 1.54) is 18.2 Å². The molecule has 0 bridgehead atoms. The molecule has 0 saturated carbocycles. The van der Waals surface area contributed by atoms with Gasteiger partial charge in [0, 0.05) is 12.7 Å². The Morgan fingerprint density at radius 3 is 2.44 bits per heavy atom. The third-order valence-corrected chi connectivity index (χ3v) is 5.71. The van der Waals surface area contributed by atoms with Crippen molar-refractivity contribution in [3.8, 4) is 0 Å². The second-order valence-electron chi connectivity index (χ2n) is 5.01. The largest absolute Gasteiger partial charge is 0.325 e. The first-order chi connectivity index (χ1) is 11.6. The minimum Gasteiger partial charge on any atom is -0.325 e. The van der Waals surface area contributed by atoms with Gasteiger partial charge in [0.15, 0.2) is 0 Å². The summed E-state index contributed by atoms with van der Waals surface area (Å²) < 4.78 is 52.1. The predicted molar refractivity (Wildman–Crippen MR) is 91.3 cm³/mol. The number of hydrogen-bond acceptors (Lipinski definition) is 3. The number of likely N-dealkylation sites (N-methyl/N-ethyl adjacent to an activating group) is 1. The van der Waals surface area contributed by atoms with Crippen molar-refractivity contribution in [1.29, 1.82) is 0 Å². The summed E-state index contributed by atoms with van der Waals surface area (Å²) in [5, 5.41) is 2.94. The average Bonchev–Trinajstić information content (AvgIpc) is 2.53. The van der Waals surface area contributed by atoms with Gasteiger partial charge in [-0.15, -0.1) is 0 Å². The van der Waals surface area contributed by atoms with Crippen LogP contribution >= 0.6 is 23.2 Å². The quantitative estimate of drug-likeness (QED) is 0.822. The monoisotopic (exact) mass is 408 g/mol. The van der Waals surface area contributed by atoms with E-state index in [0.29, 0.717) is 27.1 Å². The first-order valence-electron chi connectivity index (χ1n) is 6.77. The van der Waals surface area contributed by atoms with Crippen LogP contribution in [0.15, 0.2) is 41.3 Å². The number of sulfonamides is 1. The Balaban J connectivity index is 2.14. The number of anilines is 1. The van der Waals surface area contributed by atoms with Crippen LogP contribution in [0.25, 0.3) is 0 Å². The van der Waals surface area contributed by atoms with Crippen LogP contribution in [0.4, 0.5) is 14.5 Å². The molecule has 0 aliphatic rings. The third kappa shape index (κ3) is 4.66. The lowest BCUT2D eigenvalue weighted by Gasteiger charge is -2.17. The maximum absolute atomic E-state index is 13.7. The highest BCUT2D eigenvalue weighted by Gasteiger charge is 2.26. The molecule has 0 spiro atoms. The van der Waals surface area contributed by atoms with E-state index < -0.39 is 39.0 Å². The van der Waals surface area contributed by atoms with Crippen LogP contribution in [0.3, 0.4) is 0 Å². The van der Waals surface area contributed by atoms with Gasteiger partial charge in [-0.25, -0.2) is 17.2 Å². The molecule has 5 nitrogen and oxygen atoms in total. The summed E-state index contributed by atoms with van der Waals surface area (Å²) in [6, 6.07) is 6.38. The van der Waals surface area contributed by atoms with Crippen LogP contribution in [0, 0.1) is 11.6 Å². The SMILES string of the molecule is CN(CC(=O)Nc1ccc(Cl)c(Cl)c1)S(=O)(=O)c1cc(F)ccc1F. The van der Waals surface area contributed by atoms with Gasteiger partial charge in [0.25, 0.3) is 0 Å². The molecule has 25 heavy (non-hydrogen) atoms. The van der Waals surface area contributed by atoms with Gasteiger partial charge in [-0.3, -0.25) is 4.79 Å². The topological polar surface area (TPSA) is 66.5 Å². The van der Waals surface area contributed by atoms with E-state index in [-0.39, 0.29) is 5.02 Å². The van der Waals surface area contributed by atoms with Crippen LogP contribution in [-0.2, 0) is 14.8 Å². The highest BCUT2D eigenvalue weighted by Crippen LogP contribution is 2.25. The van der Waals surface area contributed by atoms with Crippen molar-refractivity contribution >= 4 is 44.8 Å². The van der Waals surface area contributed by atoms with Crippen LogP contribution in [-0.4, -0.2) is 32.2 Å². The Morgan fingerprint density at radius 2 is 1.80 bits per heavy atom. The summed E-state index contributed by atoms with van der Waals surface area (Å²) in [4.78, 5) is 11.1. The van der Waals surface area contributed by atoms with E-state index in [4.69, 9.17) is 23.2 Å². The second-order valence-corrected chi connectivity index (χ2v) is 7.84. The summed E-state index contributed by atoms with van der Waals surface area (Å²) in [6.45, 7) is -0.613. The zero-order chi connectivity index (χ0) is 18.8. The van der Waals surface area contributed by atoms with Gasteiger partial charge in [0.1, 0.15) is 16.5 Å². The summed E-state index contributed by atoms with van der Waals surface area (Å²) in [7, 11) is -3.31. The molecule has 134 valence electrons. The van der Waals surface area contributed by atoms with Gasteiger partial charge in [-0.2, -0.15) is 4.31 Å². The molecule has 0 unspecified atom stereocenters. The number of carbonyl (C=O) groups excluding carboxylic acids is 1. The fourth-order valence-corrected chi connectivity index (χ4v) is 3.40. The first-order valence-corrected chi connectivity index (χ1v) is 8.97. The van der Waals surface area contributed by atoms with E-state index in [9.17, 15) is 22.0 Å². The molecule has 2 rings (SSSR count). The van der Waals surface area contributed by atoms with Gasteiger partial charge in [-0.05, 0) is 36.4 Å². The molecular formula is C15H12Cl2F2N2O3S. The summed E-state index contributed by atoms with van der Waals surface area (Å²) >= 11 is 11.6. The molecule has 0 aromatic heterocycles. The summed E-state index contributed by atoms with van der Waals surface area (Å²) in [5.41, 5.74) is 0.308. The average molecular weight is 409 g/mol. The minimum atomic E-state index is -4.38. The molecule has 0 heterocycles. The van der Waals surface area contributed by atoms with E-state index >= 15 is 0 Å². The van der Waals surface area contributed by atoms with Gasteiger partial charge in [0.05, 0.1) is 16.6 Å². The smallest absolute Gasteiger partial charge is 0.246 e. The van der Waals surface area contributed by atoms with Crippen LogP contribution in [0.1, 0.15) is 0 Å². The molecular weight excluding hydrogens is 397 g/mol. The van der Waals surface area contributed by atoms with Crippen molar-refractivity contribution in [2.45, 2.75) is 4.90 Å². The lowest BCUT2D eigenvalue weighted by atomic mass is 10.3. The van der Waals surface area contributed by atoms with Gasteiger partial charge >= 0.3 is 0 Å². The zero-order valence-electron chi connectivity index (χ0n) is 12.8. The predicted octanol–water partition coefficient (Wildman–Crippen LogP) is 3.53. The van der Waals surface area contributed by atoms with Crippen LogP contribution < -0.4 is 5.32 Å². The first kappa shape index (κ1) is 19.6. The lowest BCUT2D eigenvalue weighted by molar-refractivity contribution is -0.116. The zero-order valence-corrected chi connectivity index (χ0v) is 15.1. The number of benzene rings is 2. The molecule has 1 N–H and O–H groups in total. The van der Waals surface area contributed by atoms with Crippen molar-refractivity contribution in [3.05, 3.63) is 58.1 Å². The highest BCUT2D eigenvalue weighted by molar-refractivity contribution is 7.89. The van der Waals surface area contributed by atoms with Crippen LogP contribution in [0.2, 0.25) is 10.0 Å². The summed E-state index contributed by atoms with van der Waals surface area (Å²) in [5.74, 6) is -2.71. The second kappa shape index (κ2) is 7.65.